The van der Waals surface area contributed by atoms with E-state index >= 15 is 0 Å². The normalized spacial score (nSPS) is 21.1. The Morgan fingerprint density at radius 3 is 2.76 bits per heavy atom. The van der Waals surface area contributed by atoms with Crippen molar-refractivity contribution in [2.45, 2.75) is 56.6 Å². The average Bonchev–Trinajstić information content (AvgIpc) is 2.69. The van der Waals surface area contributed by atoms with E-state index in [0.29, 0.717) is 18.3 Å². The number of nitrogens with zero attached hydrogens (tertiary/aromatic N) is 1. The molecule has 0 aromatic heterocycles. The maximum absolute atomic E-state index is 12.3. The van der Waals surface area contributed by atoms with Gasteiger partial charge < -0.3 is 15.4 Å². The quantitative estimate of drug-likeness (QED) is 0.308. The van der Waals surface area contributed by atoms with Crippen molar-refractivity contribution in [1.29, 1.82) is 0 Å². The number of halogens is 4. The smallest absolute Gasteiger partial charge is 0.422 e. The zero-order valence-electron chi connectivity index (χ0n) is 16.6. The summed E-state index contributed by atoms with van der Waals surface area (Å²) in [6.45, 7) is 1.04. The van der Waals surface area contributed by atoms with Crippen LogP contribution in [0.2, 0.25) is 0 Å². The number of hydrogen-bond donors (Lipinski definition) is 2. The monoisotopic (exact) mass is 547 g/mol. The predicted molar refractivity (Wildman–Crippen MR) is 121 cm³/mol. The molecule has 0 bridgehead atoms. The minimum absolute atomic E-state index is 0. The molecule has 0 saturated heterocycles. The number of hydrogen-bond acceptors (Lipinski definition) is 3. The lowest BCUT2D eigenvalue weighted by atomic mass is 9.95. The molecule has 2 rings (SSSR count). The van der Waals surface area contributed by atoms with E-state index in [2.05, 4.69) is 15.6 Å². The second kappa shape index (κ2) is 12.6. The predicted octanol–water partition coefficient (Wildman–Crippen LogP) is 3.99. The zero-order valence-corrected chi connectivity index (χ0v) is 19.8. The summed E-state index contributed by atoms with van der Waals surface area (Å²) in [4.78, 5) is 4.22. The van der Waals surface area contributed by atoms with Gasteiger partial charge in [-0.05, 0) is 37.0 Å². The van der Waals surface area contributed by atoms with Gasteiger partial charge in [-0.3, -0.25) is 9.20 Å². The highest BCUT2D eigenvalue weighted by atomic mass is 127. The Kier molecular flexibility index (Phi) is 11.3. The molecule has 0 amide bonds. The Morgan fingerprint density at radius 2 is 2.10 bits per heavy atom. The highest BCUT2D eigenvalue weighted by molar-refractivity contribution is 14.0. The number of aliphatic imine (C=N–C) groups is 1. The molecule has 2 N–H and O–H groups in total. The molecule has 1 saturated carbocycles. The van der Waals surface area contributed by atoms with Gasteiger partial charge in [-0.25, -0.2) is 0 Å². The summed E-state index contributed by atoms with van der Waals surface area (Å²) >= 11 is 0. The summed E-state index contributed by atoms with van der Waals surface area (Å²) in [5.74, 6) is 1.48. The molecule has 0 spiro atoms. The highest BCUT2D eigenvalue weighted by Gasteiger charge is 2.28. The fraction of sp³-hybridized carbons (Fsp3) is 0.632. The molecule has 1 aliphatic rings. The minimum atomic E-state index is -4.36. The van der Waals surface area contributed by atoms with Crippen LogP contribution in [0.25, 0.3) is 0 Å². The average molecular weight is 547 g/mol. The Bertz CT molecular complexity index is 689. The van der Waals surface area contributed by atoms with Gasteiger partial charge in [0.05, 0.1) is 0 Å². The molecule has 166 valence electrons. The first kappa shape index (κ1) is 26.0. The molecule has 1 aliphatic carbocycles. The topological polar surface area (TPSA) is 62.7 Å². The van der Waals surface area contributed by atoms with Crippen molar-refractivity contribution in [2.75, 3.05) is 19.4 Å². The second-order valence-electron chi connectivity index (χ2n) is 6.78. The third-order valence-electron chi connectivity index (χ3n) is 4.61. The molecule has 10 heteroatoms. The van der Waals surface area contributed by atoms with Crippen LogP contribution in [-0.4, -0.2) is 47.0 Å². The van der Waals surface area contributed by atoms with Gasteiger partial charge in [0.2, 0.25) is 0 Å². The van der Waals surface area contributed by atoms with Crippen molar-refractivity contribution < 1.29 is 22.1 Å². The SMILES string of the molecule is CCS(=O)C1CCCC(NC(=NC)NCc2cccc(OCC(F)(F)F)c2)C1.I. The summed E-state index contributed by atoms with van der Waals surface area (Å²) in [6, 6.07) is 6.75. The fourth-order valence-electron chi connectivity index (χ4n) is 3.23. The summed E-state index contributed by atoms with van der Waals surface area (Å²) in [5, 5.41) is 6.76. The van der Waals surface area contributed by atoms with Crippen LogP contribution in [0.5, 0.6) is 5.75 Å². The van der Waals surface area contributed by atoms with Crippen LogP contribution in [0, 0.1) is 0 Å². The van der Waals surface area contributed by atoms with Gasteiger partial charge in [0.15, 0.2) is 12.6 Å². The van der Waals surface area contributed by atoms with Gasteiger partial charge >= 0.3 is 6.18 Å². The number of nitrogens with one attached hydrogen (secondary N) is 2. The van der Waals surface area contributed by atoms with Gasteiger partial charge in [-0.15, -0.1) is 24.0 Å². The fourth-order valence-corrected chi connectivity index (χ4v) is 4.58. The molecule has 1 aromatic rings. The van der Waals surface area contributed by atoms with Crippen molar-refractivity contribution in [3.05, 3.63) is 29.8 Å². The largest absolute Gasteiger partial charge is 0.484 e. The number of alkyl halides is 3. The van der Waals surface area contributed by atoms with Crippen molar-refractivity contribution in [3.8, 4) is 5.75 Å². The lowest BCUT2D eigenvalue weighted by molar-refractivity contribution is -0.153. The number of rotatable bonds is 7. The van der Waals surface area contributed by atoms with E-state index in [9.17, 15) is 17.4 Å². The van der Waals surface area contributed by atoms with Gasteiger partial charge in [-0.2, -0.15) is 13.2 Å². The lowest BCUT2D eigenvalue weighted by Gasteiger charge is -2.30. The van der Waals surface area contributed by atoms with E-state index in [4.69, 9.17) is 4.74 Å². The van der Waals surface area contributed by atoms with Crippen molar-refractivity contribution in [2.24, 2.45) is 4.99 Å². The summed E-state index contributed by atoms with van der Waals surface area (Å²) in [7, 11) is 0.880. The molecule has 1 fully saturated rings. The lowest BCUT2D eigenvalue weighted by Crippen LogP contribution is -2.46. The third kappa shape index (κ3) is 9.54. The Hall–Kier alpha value is -1.04. The van der Waals surface area contributed by atoms with E-state index in [0.717, 1.165) is 31.2 Å². The van der Waals surface area contributed by atoms with Gasteiger partial charge in [-0.1, -0.05) is 25.5 Å². The first-order chi connectivity index (χ1) is 13.3. The molecule has 5 nitrogen and oxygen atoms in total. The molecule has 0 radical (unpaired) electrons. The Labute approximate surface area is 189 Å². The number of benzene rings is 1. The molecule has 0 aliphatic heterocycles. The molecule has 1 aromatic carbocycles. The van der Waals surface area contributed by atoms with Gasteiger partial charge in [0.1, 0.15) is 5.75 Å². The third-order valence-corrected chi connectivity index (χ3v) is 6.35. The minimum Gasteiger partial charge on any atom is -0.484 e. The molecule has 3 atom stereocenters. The van der Waals surface area contributed by atoms with Crippen LogP contribution in [-0.2, 0) is 17.3 Å². The second-order valence-corrected chi connectivity index (χ2v) is 8.78. The number of guanidine groups is 1. The molecule has 29 heavy (non-hydrogen) atoms. The molecular weight excluding hydrogens is 518 g/mol. The maximum Gasteiger partial charge on any atom is 0.422 e. The van der Waals surface area contributed by atoms with Crippen molar-refractivity contribution in [3.63, 3.8) is 0 Å². The first-order valence-corrected chi connectivity index (χ1v) is 10.8. The maximum atomic E-state index is 12.3. The standard InChI is InChI=1S/C19H28F3N3O2S.HI/c1-3-28(26)17-9-5-7-15(11-17)25-18(23-2)24-12-14-6-4-8-16(10-14)27-13-19(20,21)22;/h4,6,8,10,15,17H,3,5,7,9,11-13H2,1-2H3,(H2,23,24,25);1H. The van der Waals surface area contributed by atoms with Crippen LogP contribution in [0.3, 0.4) is 0 Å². The van der Waals surface area contributed by atoms with Crippen LogP contribution in [0.4, 0.5) is 13.2 Å². The summed E-state index contributed by atoms with van der Waals surface area (Å²) < 4.78 is 53.7. The Balaban J connectivity index is 0.00000420. The number of ether oxygens (including phenoxy) is 1. The van der Waals surface area contributed by atoms with E-state index in [1.54, 1.807) is 19.2 Å². The van der Waals surface area contributed by atoms with E-state index < -0.39 is 23.6 Å². The Morgan fingerprint density at radius 1 is 1.34 bits per heavy atom. The summed E-state index contributed by atoms with van der Waals surface area (Å²) in [6.07, 6.45) is -0.487. The van der Waals surface area contributed by atoms with E-state index in [-0.39, 0.29) is 41.0 Å². The van der Waals surface area contributed by atoms with Crippen molar-refractivity contribution in [1.82, 2.24) is 10.6 Å². The molecule has 0 heterocycles. The highest BCUT2D eigenvalue weighted by Crippen LogP contribution is 2.23. The van der Waals surface area contributed by atoms with Gasteiger partial charge in [0, 0.05) is 41.4 Å². The summed E-state index contributed by atoms with van der Waals surface area (Å²) in [5.41, 5.74) is 0.788. The molecule has 3 unspecified atom stereocenters. The molecular formula is C19H29F3IN3O2S. The van der Waals surface area contributed by atoms with Crippen LogP contribution < -0.4 is 15.4 Å². The van der Waals surface area contributed by atoms with Crippen LogP contribution >= 0.6 is 24.0 Å². The van der Waals surface area contributed by atoms with Crippen molar-refractivity contribution >= 4 is 40.7 Å². The van der Waals surface area contributed by atoms with E-state index in [1.165, 1.54) is 6.07 Å². The van der Waals surface area contributed by atoms with Gasteiger partial charge in [0.25, 0.3) is 0 Å². The van der Waals surface area contributed by atoms with E-state index in [1.807, 2.05) is 13.0 Å². The zero-order chi connectivity index (χ0) is 20.6. The van der Waals surface area contributed by atoms with Crippen LogP contribution in [0.1, 0.15) is 38.2 Å². The first-order valence-electron chi connectivity index (χ1n) is 9.43. The van der Waals surface area contributed by atoms with Crippen LogP contribution in [0.15, 0.2) is 29.3 Å².